The van der Waals surface area contributed by atoms with Crippen molar-refractivity contribution in [3.63, 3.8) is 0 Å². The van der Waals surface area contributed by atoms with Crippen LogP contribution < -0.4 is 5.73 Å². The standard InChI is InChI=1S/C15H23N5O/c1-11-9-12(18-14(16)17-11)13(21)20-8-5-15(10-20)3-6-19(2)7-4-15/h9H,3-8,10H2,1-2H3,(H2,16,17,18). The Balaban J connectivity index is 1.72. The third-order valence-electron chi connectivity index (χ3n) is 4.86. The van der Waals surface area contributed by atoms with E-state index in [1.54, 1.807) is 6.07 Å². The number of nitrogens with two attached hydrogens (primary N) is 1. The smallest absolute Gasteiger partial charge is 0.272 e. The predicted molar refractivity (Wildman–Crippen MR) is 80.9 cm³/mol. The predicted octanol–water partition coefficient (Wildman–Crippen LogP) is 0.925. The summed E-state index contributed by atoms with van der Waals surface area (Å²) in [5.74, 6) is 0.162. The SMILES string of the molecule is Cc1cc(C(=O)N2CCC3(CCN(C)CC3)C2)nc(N)n1. The fourth-order valence-electron chi connectivity index (χ4n) is 3.47. The number of aromatic nitrogens is 2. The van der Waals surface area contributed by atoms with E-state index in [0.717, 1.165) is 38.3 Å². The molecule has 3 heterocycles. The van der Waals surface area contributed by atoms with Crippen molar-refractivity contribution in [3.8, 4) is 0 Å². The summed E-state index contributed by atoms with van der Waals surface area (Å²) >= 11 is 0. The largest absolute Gasteiger partial charge is 0.368 e. The molecule has 21 heavy (non-hydrogen) atoms. The van der Waals surface area contributed by atoms with Gasteiger partial charge in [-0.05, 0) is 57.8 Å². The van der Waals surface area contributed by atoms with Crippen LogP contribution in [0, 0.1) is 12.3 Å². The average molecular weight is 289 g/mol. The average Bonchev–Trinajstić information content (AvgIpc) is 2.85. The second-order valence-electron chi connectivity index (χ2n) is 6.53. The van der Waals surface area contributed by atoms with Gasteiger partial charge in [0, 0.05) is 18.8 Å². The normalized spacial score (nSPS) is 21.9. The molecule has 0 aliphatic carbocycles. The molecule has 0 radical (unpaired) electrons. The summed E-state index contributed by atoms with van der Waals surface area (Å²) in [6.45, 7) is 5.76. The van der Waals surface area contributed by atoms with Crippen molar-refractivity contribution in [1.29, 1.82) is 0 Å². The minimum atomic E-state index is -0.0111. The van der Waals surface area contributed by atoms with Crippen LogP contribution in [0.3, 0.4) is 0 Å². The fraction of sp³-hybridized carbons (Fsp3) is 0.667. The number of carbonyl (C=O) groups excluding carboxylic acids is 1. The van der Waals surface area contributed by atoms with Crippen molar-refractivity contribution in [2.75, 3.05) is 39.0 Å². The molecule has 2 aliphatic rings. The molecule has 2 fully saturated rings. The number of piperidine rings is 1. The van der Waals surface area contributed by atoms with Crippen LogP contribution >= 0.6 is 0 Å². The van der Waals surface area contributed by atoms with Gasteiger partial charge in [0.2, 0.25) is 5.95 Å². The van der Waals surface area contributed by atoms with Gasteiger partial charge in [-0.2, -0.15) is 0 Å². The molecule has 0 bridgehead atoms. The molecule has 0 aromatic carbocycles. The molecule has 1 spiro atoms. The van der Waals surface area contributed by atoms with Gasteiger partial charge in [-0.3, -0.25) is 4.79 Å². The molecule has 0 saturated carbocycles. The first-order valence-electron chi connectivity index (χ1n) is 7.56. The highest BCUT2D eigenvalue weighted by Crippen LogP contribution is 2.40. The van der Waals surface area contributed by atoms with E-state index < -0.39 is 0 Å². The van der Waals surface area contributed by atoms with Crippen molar-refractivity contribution < 1.29 is 4.79 Å². The van der Waals surface area contributed by atoms with E-state index in [9.17, 15) is 4.79 Å². The maximum Gasteiger partial charge on any atom is 0.272 e. The molecule has 0 unspecified atom stereocenters. The molecule has 0 atom stereocenters. The van der Waals surface area contributed by atoms with Crippen LogP contribution in [0.2, 0.25) is 0 Å². The zero-order chi connectivity index (χ0) is 15.0. The number of amides is 1. The molecule has 6 nitrogen and oxygen atoms in total. The lowest BCUT2D eigenvalue weighted by Gasteiger charge is -2.37. The topological polar surface area (TPSA) is 75.4 Å². The zero-order valence-electron chi connectivity index (χ0n) is 12.8. The van der Waals surface area contributed by atoms with Crippen LogP contribution in [0.1, 0.15) is 35.4 Å². The second kappa shape index (κ2) is 5.26. The van der Waals surface area contributed by atoms with E-state index in [0.29, 0.717) is 11.1 Å². The summed E-state index contributed by atoms with van der Waals surface area (Å²) in [6, 6.07) is 1.72. The Morgan fingerprint density at radius 3 is 2.57 bits per heavy atom. The van der Waals surface area contributed by atoms with Gasteiger partial charge in [-0.15, -0.1) is 0 Å². The molecular weight excluding hydrogens is 266 g/mol. The number of likely N-dealkylation sites (tertiary alicyclic amines) is 2. The zero-order valence-corrected chi connectivity index (χ0v) is 12.8. The van der Waals surface area contributed by atoms with E-state index in [1.165, 1.54) is 12.8 Å². The van der Waals surface area contributed by atoms with Gasteiger partial charge in [0.1, 0.15) is 5.69 Å². The minimum Gasteiger partial charge on any atom is -0.368 e. The highest BCUT2D eigenvalue weighted by Gasteiger charge is 2.41. The van der Waals surface area contributed by atoms with Crippen molar-refractivity contribution >= 4 is 11.9 Å². The van der Waals surface area contributed by atoms with Gasteiger partial charge < -0.3 is 15.5 Å². The third-order valence-corrected chi connectivity index (χ3v) is 4.86. The van der Waals surface area contributed by atoms with E-state index >= 15 is 0 Å². The molecule has 2 saturated heterocycles. The van der Waals surface area contributed by atoms with E-state index in [4.69, 9.17) is 5.73 Å². The molecule has 1 amide bonds. The van der Waals surface area contributed by atoms with E-state index in [2.05, 4.69) is 21.9 Å². The first-order valence-corrected chi connectivity index (χ1v) is 7.56. The third kappa shape index (κ3) is 2.85. The maximum atomic E-state index is 12.6. The van der Waals surface area contributed by atoms with Gasteiger partial charge in [0.25, 0.3) is 5.91 Å². The molecule has 1 aromatic heterocycles. The highest BCUT2D eigenvalue weighted by molar-refractivity contribution is 5.92. The number of anilines is 1. The molecule has 6 heteroatoms. The number of aryl methyl sites for hydroxylation is 1. The number of carbonyl (C=O) groups is 1. The van der Waals surface area contributed by atoms with Gasteiger partial charge in [-0.25, -0.2) is 9.97 Å². The molecule has 114 valence electrons. The van der Waals surface area contributed by atoms with Crippen molar-refractivity contribution in [2.24, 2.45) is 5.41 Å². The Morgan fingerprint density at radius 2 is 1.90 bits per heavy atom. The summed E-state index contributed by atoms with van der Waals surface area (Å²) in [4.78, 5) is 25.0. The number of hydrogen-bond donors (Lipinski definition) is 1. The lowest BCUT2D eigenvalue weighted by molar-refractivity contribution is 0.0731. The summed E-state index contributed by atoms with van der Waals surface area (Å²) in [5.41, 5.74) is 7.12. The molecule has 3 rings (SSSR count). The molecule has 2 N–H and O–H groups in total. The van der Waals surface area contributed by atoms with Crippen LogP contribution in [-0.2, 0) is 0 Å². The maximum absolute atomic E-state index is 12.6. The van der Waals surface area contributed by atoms with Crippen LogP contribution in [0.25, 0.3) is 0 Å². The lowest BCUT2D eigenvalue weighted by Crippen LogP contribution is -2.40. The first kappa shape index (κ1) is 14.3. The van der Waals surface area contributed by atoms with Gasteiger partial charge in [0.15, 0.2) is 0 Å². The quantitative estimate of drug-likeness (QED) is 0.832. The Hall–Kier alpha value is -1.69. The van der Waals surface area contributed by atoms with Crippen molar-refractivity contribution in [1.82, 2.24) is 19.8 Å². The second-order valence-corrected chi connectivity index (χ2v) is 6.53. The Labute approximate surface area is 125 Å². The minimum absolute atomic E-state index is 0.0111. The van der Waals surface area contributed by atoms with Crippen molar-refractivity contribution in [2.45, 2.75) is 26.2 Å². The Kier molecular flexibility index (Phi) is 3.57. The van der Waals surface area contributed by atoms with Gasteiger partial charge in [0.05, 0.1) is 0 Å². The Bertz CT molecular complexity index is 531. The van der Waals surface area contributed by atoms with Crippen LogP contribution in [0.15, 0.2) is 6.07 Å². The lowest BCUT2D eigenvalue weighted by atomic mass is 9.78. The molecule has 2 aliphatic heterocycles. The highest BCUT2D eigenvalue weighted by atomic mass is 16.2. The van der Waals surface area contributed by atoms with Crippen LogP contribution in [0.4, 0.5) is 5.95 Å². The summed E-state index contributed by atoms with van der Waals surface area (Å²) in [7, 11) is 2.16. The van der Waals surface area contributed by atoms with E-state index in [1.807, 2.05) is 11.8 Å². The number of rotatable bonds is 1. The summed E-state index contributed by atoms with van der Waals surface area (Å²) in [6.07, 6.45) is 3.46. The number of nitrogens with zero attached hydrogens (tertiary/aromatic N) is 4. The summed E-state index contributed by atoms with van der Waals surface area (Å²) in [5, 5.41) is 0. The van der Waals surface area contributed by atoms with Gasteiger partial charge >= 0.3 is 0 Å². The van der Waals surface area contributed by atoms with E-state index in [-0.39, 0.29) is 11.9 Å². The monoisotopic (exact) mass is 289 g/mol. The number of nitrogen functional groups attached to an aromatic ring is 1. The first-order chi connectivity index (χ1) is 9.97. The molecule has 1 aromatic rings. The summed E-state index contributed by atoms with van der Waals surface area (Å²) < 4.78 is 0. The van der Waals surface area contributed by atoms with Crippen molar-refractivity contribution in [3.05, 3.63) is 17.5 Å². The fourth-order valence-corrected chi connectivity index (χ4v) is 3.47. The number of hydrogen-bond acceptors (Lipinski definition) is 5. The van der Waals surface area contributed by atoms with Gasteiger partial charge in [-0.1, -0.05) is 0 Å². The van der Waals surface area contributed by atoms with Crippen LogP contribution in [0.5, 0.6) is 0 Å². The Morgan fingerprint density at radius 1 is 1.24 bits per heavy atom. The molecular formula is C15H23N5O. The van der Waals surface area contributed by atoms with Crippen LogP contribution in [-0.4, -0.2) is 58.9 Å².